The minimum atomic E-state index is -4.30. The second-order valence-electron chi connectivity index (χ2n) is 11.2. The number of nitrogens with one attached hydrogen (secondary N) is 1. The lowest BCUT2D eigenvalue weighted by atomic mass is 9.95. The Bertz CT molecular complexity index is 1540. The van der Waals surface area contributed by atoms with Crippen molar-refractivity contribution in [2.75, 3.05) is 31.7 Å². The molecular formula is C35H45N3O7S. The number of rotatable bonds is 15. The van der Waals surface area contributed by atoms with Crippen molar-refractivity contribution >= 4 is 27.5 Å². The number of anilines is 1. The van der Waals surface area contributed by atoms with E-state index in [1.807, 2.05) is 44.2 Å². The Morgan fingerprint density at radius 1 is 0.891 bits per heavy atom. The number of amides is 2. The van der Waals surface area contributed by atoms with Gasteiger partial charge in [0.15, 0.2) is 11.5 Å². The molecule has 1 aliphatic carbocycles. The maximum Gasteiger partial charge on any atom is 0.264 e. The van der Waals surface area contributed by atoms with Crippen LogP contribution in [-0.2, 0) is 26.2 Å². The van der Waals surface area contributed by atoms with E-state index in [2.05, 4.69) is 5.32 Å². The van der Waals surface area contributed by atoms with Gasteiger partial charge in [-0.3, -0.25) is 13.9 Å². The van der Waals surface area contributed by atoms with E-state index in [4.69, 9.17) is 14.2 Å². The quantitative estimate of drug-likeness (QED) is 0.229. The van der Waals surface area contributed by atoms with E-state index in [1.165, 1.54) is 37.3 Å². The minimum absolute atomic E-state index is 0.0646. The summed E-state index contributed by atoms with van der Waals surface area (Å²) in [6.45, 7) is 3.77. The number of carbonyl (C=O) groups excluding carboxylic acids is 2. The molecule has 0 unspecified atom stereocenters. The summed E-state index contributed by atoms with van der Waals surface area (Å²) in [7, 11) is -1.42. The van der Waals surface area contributed by atoms with Gasteiger partial charge in [0.2, 0.25) is 11.8 Å². The van der Waals surface area contributed by atoms with Gasteiger partial charge >= 0.3 is 0 Å². The van der Waals surface area contributed by atoms with Crippen LogP contribution >= 0.6 is 0 Å². The Morgan fingerprint density at radius 3 is 2.17 bits per heavy atom. The number of methoxy groups -OCH3 is 2. The van der Waals surface area contributed by atoms with Gasteiger partial charge in [-0.15, -0.1) is 0 Å². The topological polar surface area (TPSA) is 114 Å². The predicted molar refractivity (Wildman–Crippen MR) is 178 cm³/mol. The molecule has 0 heterocycles. The van der Waals surface area contributed by atoms with Gasteiger partial charge in [0.05, 0.1) is 31.4 Å². The first-order valence-corrected chi connectivity index (χ1v) is 17.3. The number of carbonyl (C=O) groups is 2. The lowest BCUT2D eigenvalue weighted by Gasteiger charge is -2.34. The van der Waals surface area contributed by atoms with Crippen LogP contribution in [0.2, 0.25) is 0 Å². The zero-order valence-corrected chi connectivity index (χ0v) is 27.9. The smallest absolute Gasteiger partial charge is 0.264 e. The molecule has 0 aromatic heterocycles. The molecule has 0 spiro atoms. The standard InChI is InChI=1S/C35H45N3O7S/c1-5-31(35(40)36-27-15-11-8-12-16-27)37(24-26-13-9-7-10-14-26)34(39)25-38(28-17-19-29(20-18-28)45-6-2)46(41,42)30-21-22-32(43-3)33(23-30)44-4/h7,9-10,13-14,17-23,27,31H,5-6,8,11-12,15-16,24-25H2,1-4H3,(H,36,40)/t31-/m0/s1. The molecule has 1 saturated carbocycles. The van der Waals surface area contributed by atoms with E-state index in [0.717, 1.165) is 42.0 Å². The molecular weight excluding hydrogens is 606 g/mol. The Kier molecular flexibility index (Phi) is 12.3. The molecule has 1 aliphatic rings. The van der Waals surface area contributed by atoms with Crippen molar-refractivity contribution in [2.45, 2.75) is 75.9 Å². The van der Waals surface area contributed by atoms with Crippen LogP contribution in [0.3, 0.4) is 0 Å². The molecule has 0 radical (unpaired) electrons. The first-order chi connectivity index (χ1) is 22.2. The molecule has 10 nitrogen and oxygen atoms in total. The van der Waals surface area contributed by atoms with E-state index in [0.29, 0.717) is 24.5 Å². The van der Waals surface area contributed by atoms with E-state index in [9.17, 15) is 18.0 Å². The number of ether oxygens (including phenoxy) is 3. The molecule has 1 fully saturated rings. The average Bonchev–Trinajstić information content (AvgIpc) is 3.08. The van der Waals surface area contributed by atoms with E-state index >= 15 is 0 Å². The minimum Gasteiger partial charge on any atom is -0.494 e. The van der Waals surface area contributed by atoms with Crippen LogP contribution in [0.25, 0.3) is 0 Å². The summed E-state index contributed by atoms with van der Waals surface area (Å²) in [4.78, 5) is 29.5. The summed E-state index contributed by atoms with van der Waals surface area (Å²) in [6.07, 6.45) is 5.44. The largest absolute Gasteiger partial charge is 0.494 e. The second-order valence-corrected chi connectivity index (χ2v) is 13.1. The Balaban J connectivity index is 1.73. The fourth-order valence-electron chi connectivity index (χ4n) is 5.75. The molecule has 11 heteroatoms. The zero-order chi connectivity index (χ0) is 33.1. The average molecular weight is 652 g/mol. The Morgan fingerprint density at radius 2 is 1.57 bits per heavy atom. The molecule has 2 amide bonds. The predicted octanol–water partition coefficient (Wildman–Crippen LogP) is 5.55. The molecule has 0 saturated heterocycles. The van der Waals surface area contributed by atoms with Crippen LogP contribution in [0, 0.1) is 0 Å². The van der Waals surface area contributed by atoms with Crippen molar-refractivity contribution in [1.82, 2.24) is 10.2 Å². The Hall–Kier alpha value is -4.25. The second kappa shape index (κ2) is 16.4. The van der Waals surface area contributed by atoms with Crippen LogP contribution in [0.5, 0.6) is 17.2 Å². The highest BCUT2D eigenvalue weighted by molar-refractivity contribution is 7.92. The van der Waals surface area contributed by atoms with Crippen LogP contribution in [-0.4, -0.2) is 64.6 Å². The highest BCUT2D eigenvalue weighted by Gasteiger charge is 2.35. The van der Waals surface area contributed by atoms with Gasteiger partial charge in [-0.2, -0.15) is 0 Å². The van der Waals surface area contributed by atoms with Gasteiger partial charge in [0.1, 0.15) is 18.3 Å². The van der Waals surface area contributed by atoms with E-state index < -0.39 is 28.5 Å². The van der Waals surface area contributed by atoms with Crippen molar-refractivity contribution < 1.29 is 32.2 Å². The molecule has 0 aliphatic heterocycles. The van der Waals surface area contributed by atoms with Crippen molar-refractivity contribution in [1.29, 1.82) is 0 Å². The summed E-state index contributed by atoms with van der Waals surface area (Å²) < 4.78 is 45.9. The molecule has 0 bridgehead atoms. The van der Waals surface area contributed by atoms with Crippen molar-refractivity contribution in [2.24, 2.45) is 0 Å². The van der Waals surface area contributed by atoms with Crippen LogP contribution < -0.4 is 23.8 Å². The van der Waals surface area contributed by atoms with Gasteiger partial charge < -0.3 is 24.4 Å². The third kappa shape index (κ3) is 8.51. The SMILES string of the molecule is CCOc1ccc(N(CC(=O)N(Cc2ccccc2)[C@@H](CC)C(=O)NC2CCCCC2)S(=O)(=O)c2ccc(OC)c(OC)c2)cc1. The summed E-state index contributed by atoms with van der Waals surface area (Å²) in [6, 6.07) is 19.5. The summed E-state index contributed by atoms with van der Waals surface area (Å²) in [5, 5.41) is 3.17. The third-order valence-corrected chi connectivity index (χ3v) is 9.96. The number of hydrogen-bond donors (Lipinski definition) is 1. The van der Waals surface area contributed by atoms with Crippen molar-refractivity contribution in [3.8, 4) is 17.2 Å². The maximum absolute atomic E-state index is 14.4. The van der Waals surface area contributed by atoms with E-state index in [-0.39, 0.29) is 34.8 Å². The molecule has 1 N–H and O–H groups in total. The summed E-state index contributed by atoms with van der Waals surface area (Å²) in [5.41, 5.74) is 1.10. The fraction of sp³-hybridized carbons (Fsp3) is 0.429. The van der Waals surface area contributed by atoms with Crippen LogP contribution in [0.15, 0.2) is 77.7 Å². The highest BCUT2D eigenvalue weighted by Crippen LogP contribution is 2.33. The molecule has 3 aromatic carbocycles. The molecule has 4 rings (SSSR count). The molecule has 1 atom stereocenters. The Labute approximate surface area is 272 Å². The van der Waals surface area contributed by atoms with Crippen molar-refractivity contribution in [3.05, 3.63) is 78.4 Å². The number of hydrogen-bond acceptors (Lipinski definition) is 7. The van der Waals surface area contributed by atoms with Crippen molar-refractivity contribution in [3.63, 3.8) is 0 Å². The number of sulfonamides is 1. The van der Waals surface area contributed by atoms with Gasteiger partial charge in [-0.05, 0) is 68.1 Å². The highest BCUT2D eigenvalue weighted by atomic mass is 32.2. The van der Waals surface area contributed by atoms with Crippen LogP contribution in [0.1, 0.15) is 57.9 Å². The lowest BCUT2D eigenvalue weighted by molar-refractivity contribution is -0.140. The van der Waals surface area contributed by atoms with Gasteiger partial charge in [0.25, 0.3) is 10.0 Å². The van der Waals surface area contributed by atoms with Crippen LogP contribution in [0.4, 0.5) is 5.69 Å². The first-order valence-electron chi connectivity index (χ1n) is 15.8. The molecule has 3 aromatic rings. The van der Waals surface area contributed by atoms with Gasteiger partial charge in [-0.1, -0.05) is 56.5 Å². The fourth-order valence-corrected chi connectivity index (χ4v) is 7.18. The molecule has 248 valence electrons. The normalized spacial score (nSPS) is 14.2. The van der Waals surface area contributed by atoms with Gasteiger partial charge in [0, 0.05) is 18.7 Å². The lowest BCUT2D eigenvalue weighted by Crippen LogP contribution is -2.54. The number of nitrogens with zero attached hydrogens (tertiary/aromatic N) is 2. The number of benzene rings is 3. The third-order valence-electron chi connectivity index (χ3n) is 8.19. The molecule has 46 heavy (non-hydrogen) atoms. The first kappa shape index (κ1) is 34.6. The monoisotopic (exact) mass is 651 g/mol. The summed E-state index contributed by atoms with van der Waals surface area (Å²) >= 11 is 0. The van der Waals surface area contributed by atoms with Gasteiger partial charge in [-0.25, -0.2) is 8.42 Å². The van der Waals surface area contributed by atoms with E-state index in [1.54, 1.807) is 24.3 Å². The zero-order valence-electron chi connectivity index (χ0n) is 27.1. The maximum atomic E-state index is 14.4. The summed E-state index contributed by atoms with van der Waals surface area (Å²) in [5.74, 6) is 0.435.